The molecule has 0 radical (unpaired) electrons. The van der Waals surface area contributed by atoms with Gasteiger partial charge in [-0.05, 0) is 36.5 Å². The van der Waals surface area contributed by atoms with Crippen molar-refractivity contribution in [3.63, 3.8) is 0 Å². The highest BCUT2D eigenvalue weighted by Gasteiger charge is 2.48. The van der Waals surface area contributed by atoms with Crippen LogP contribution in [0.3, 0.4) is 0 Å². The molecule has 2 rings (SSSR count). The minimum atomic E-state index is -0.820. The Balaban J connectivity index is 1.97. The molecule has 0 bridgehead atoms. The van der Waals surface area contributed by atoms with E-state index < -0.39 is 11.4 Å². The number of benzene rings is 1. The Bertz CT molecular complexity index is 618. The van der Waals surface area contributed by atoms with Gasteiger partial charge in [0.05, 0.1) is 15.5 Å². The summed E-state index contributed by atoms with van der Waals surface area (Å²) in [6, 6.07) is 5.33. The molecule has 126 valence electrons. The Hall–Kier alpha value is -1.26. The number of aryl methyl sites for hydroxylation is 1. The zero-order valence-electron chi connectivity index (χ0n) is 13.3. The van der Waals surface area contributed by atoms with Gasteiger partial charge in [-0.2, -0.15) is 0 Å². The summed E-state index contributed by atoms with van der Waals surface area (Å²) in [6.45, 7) is 4.60. The first-order valence-electron chi connectivity index (χ1n) is 7.71. The fraction of sp³-hybridized carbons (Fsp3) is 0.529. The fourth-order valence-corrected chi connectivity index (χ4v) is 3.36. The van der Waals surface area contributed by atoms with E-state index in [1.165, 1.54) is 0 Å². The number of amides is 1. The van der Waals surface area contributed by atoms with Crippen LogP contribution in [0, 0.1) is 11.3 Å². The average Bonchev–Trinajstić information content (AvgIpc) is 2.95. The third kappa shape index (κ3) is 3.81. The van der Waals surface area contributed by atoms with Gasteiger partial charge in [-0.25, -0.2) is 0 Å². The molecule has 4 nitrogen and oxygen atoms in total. The summed E-state index contributed by atoms with van der Waals surface area (Å²) in [7, 11) is 0. The summed E-state index contributed by atoms with van der Waals surface area (Å²) < 4.78 is 0. The standard InChI is InChI=1S/C17H21Cl2NO3/c1-11(2)17(16(22)23)7-8-20(10-17)15(21)6-4-12-3-5-13(18)14(19)9-12/h3,5,9,11H,4,6-8,10H2,1-2H3,(H,22,23). The maximum atomic E-state index is 12.4. The SMILES string of the molecule is CC(C)C1(C(=O)O)CCN(C(=O)CCc2ccc(Cl)c(Cl)c2)C1. The van der Waals surface area contributed by atoms with Gasteiger partial charge in [0.25, 0.3) is 0 Å². The van der Waals surface area contributed by atoms with Crippen molar-refractivity contribution in [2.24, 2.45) is 11.3 Å². The van der Waals surface area contributed by atoms with Crippen LogP contribution in [0.5, 0.6) is 0 Å². The number of hydrogen-bond donors (Lipinski definition) is 1. The smallest absolute Gasteiger partial charge is 0.311 e. The van der Waals surface area contributed by atoms with Crippen molar-refractivity contribution in [3.05, 3.63) is 33.8 Å². The van der Waals surface area contributed by atoms with E-state index in [1.807, 2.05) is 19.9 Å². The van der Waals surface area contributed by atoms with Crippen LogP contribution in [-0.4, -0.2) is 35.0 Å². The van der Waals surface area contributed by atoms with Crippen LogP contribution in [0.1, 0.15) is 32.3 Å². The molecular formula is C17H21Cl2NO3. The molecule has 1 saturated heterocycles. The van der Waals surface area contributed by atoms with Gasteiger partial charge in [0.1, 0.15) is 0 Å². The number of carbonyl (C=O) groups excluding carboxylic acids is 1. The molecule has 1 aromatic carbocycles. The Labute approximate surface area is 146 Å². The van der Waals surface area contributed by atoms with Crippen molar-refractivity contribution in [2.45, 2.75) is 33.1 Å². The average molecular weight is 358 g/mol. The molecule has 23 heavy (non-hydrogen) atoms. The summed E-state index contributed by atoms with van der Waals surface area (Å²) in [6.07, 6.45) is 1.41. The van der Waals surface area contributed by atoms with Crippen LogP contribution in [0.25, 0.3) is 0 Å². The Morgan fingerprint density at radius 2 is 2.00 bits per heavy atom. The van der Waals surface area contributed by atoms with E-state index in [-0.39, 0.29) is 11.8 Å². The van der Waals surface area contributed by atoms with Crippen LogP contribution >= 0.6 is 23.2 Å². The van der Waals surface area contributed by atoms with Gasteiger partial charge >= 0.3 is 5.97 Å². The lowest BCUT2D eigenvalue weighted by molar-refractivity contribution is -0.151. The monoisotopic (exact) mass is 357 g/mol. The molecule has 0 aliphatic carbocycles. The van der Waals surface area contributed by atoms with Crippen molar-refractivity contribution in [3.8, 4) is 0 Å². The normalized spacial score (nSPS) is 21.0. The van der Waals surface area contributed by atoms with E-state index in [0.717, 1.165) is 5.56 Å². The van der Waals surface area contributed by atoms with Crippen LogP contribution in [0.15, 0.2) is 18.2 Å². The predicted octanol–water partition coefficient (Wildman–Crippen LogP) is 3.89. The molecule has 1 heterocycles. The molecule has 1 aromatic rings. The molecule has 0 aromatic heterocycles. The van der Waals surface area contributed by atoms with E-state index in [4.69, 9.17) is 23.2 Å². The first-order valence-corrected chi connectivity index (χ1v) is 8.47. The zero-order valence-corrected chi connectivity index (χ0v) is 14.8. The second kappa shape index (κ2) is 7.10. The number of rotatable bonds is 5. The van der Waals surface area contributed by atoms with Crippen molar-refractivity contribution in [1.82, 2.24) is 4.90 Å². The Morgan fingerprint density at radius 3 is 2.52 bits per heavy atom. The van der Waals surface area contributed by atoms with Crippen LogP contribution in [0.4, 0.5) is 0 Å². The molecular weight excluding hydrogens is 337 g/mol. The van der Waals surface area contributed by atoms with Crippen molar-refractivity contribution in [1.29, 1.82) is 0 Å². The van der Waals surface area contributed by atoms with Gasteiger partial charge in [0, 0.05) is 19.5 Å². The minimum Gasteiger partial charge on any atom is -0.481 e. The maximum Gasteiger partial charge on any atom is 0.311 e. The first kappa shape index (κ1) is 18.1. The molecule has 1 unspecified atom stereocenters. The number of hydrogen-bond acceptors (Lipinski definition) is 2. The van der Waals surface area contributed by atoms with E-state index in [0.29, 0.717) is 42.4 Å². The Kier molecular flexibility index (Phi) is 5.58. The van der Waals surface area contributed by atoms with Gasteiger partial charge in [0.15, 0.2) is 0 Å². The van der Waals surface area contributed by atoms with E-state index in [1.54, 1.807) is 17.0 Å². The quantitative estimate of drug-likeness (QED) is 0.869. The third-order valence-corrected chi connectivity index (χ3v) is 5.54. The number of halogens is 2. The number of nitrogens with zero attached hydrogens (tertiary/aromatic N) is 1. The molecule has 1 fully saturated rings. The number of carboxylic acid groups (broad SMARTS) is 1. The summed E-state index contributed by atoms with van der Waals surface area (Å²) in [5.74, 6) is -0.833. The van der Waals surface area contributed by atoms with Gasteiger partial charge in [-0.1, -0.05) is 43.1 Å². The van der Waals surface area contributed by atoms with Crippen LogP contribution in [-0.2, 0) is 16.0 Å². The fourth-order valence-electron chi connectivity index (χ4n) is 3.04. The zero-order chi connectivity index (χ0) is 17.2. The molecule has 1 atom stereocenters. The van der Waals surface area contributed by atoms with E-state index >= 15 is 0 Å². The largest absolute Gasteiger partial charge is 0.481 e. The first-order chi connectivity index (χ1) is 10.8. The van der Waals surface area contributed by atoms with Gasteiger partial charge in [0.2, 0.25) is 5.91 Å². The highest BCUT2D eigenvalue weighted by Crippen LogP contribution is 2.38. The van der Waals surface area contributed by atoms with E-state index in [9.17, 15) is 14.7 Å². The molecule has 1 aliphatic heterocycles. The van der Waals surface area contributed by atoms with Crippen LogP contribution < -0.4 is 0 Å². The van der Waals surface area contributed by atoms with Crippen molar-refractivity contribution < 1.29 is 14.7 Å². The number of carbonyl (C=O) groups is 2. The highest BCUT2D eigenvalue weighted by atomic mass is 35.5. The lowest BCUT2D eigenvalue weighted by Crippen LogP contribution is -2.40. The summed E-state index contributed by atoms with van der Waals surface area (Å²) >= 11 is 11.8. The number of aliphatic carboxylic acids is 1. The molecule has 0 saturated carbocycles. The molecule has 1 aliphatic rings. The third-order valence-electron chi connectivity index (χ3n) is 4.80. The molecule has 0 spiro atoms. The Morgan fingerprint density at radius 1 is 1.30 bits per heavy atom. The van der Waals surface area contributed by atoms with Crippen LogP contribution in [0.2, 0.25) is 10.0 Å². The molecule has 1 amide bonds. The molecule has 1 N–H and O–H groups in total. The summed E-state index contributed by atoms with van der Waals surface area (Å²) in [5, 5.41) is 10.5. The van der Waals surface area contributed by atoms with E-state index in [2.05, 4.69) is 0 Å². The second-order valence-corrected chi connectivity index (χ2v) is 7.24. The summed E-state index contributed by atoms with van der Waals surface area (Å²) in [5.41, 5.74) is 0.125. The van der Waals surface area contributed by atoms with Gasteiger partial charge < -0.3 is 10.0 Å². The van der Waals surface area contributed by atoms with Crippen molar-refractivity contribution in [2.75, 3.05) is 13.1 Å². The van der Waals surface area contributed by atoms with Gasteiger partial charge in [-0.3, -0.25) is 9.59 Å². The molecule has 6 heteroatoms. The second-order valence-electron chi connectivity index (χ2n) is 6.43. The number of likely N-dealkylation sites (tertiary alicyclic amines) is 1. The van der Waals surface area contributed by atoms with Gasteiger partial charge in [-0.15, -0.1) is 0 Å². The minimum absolute atomic E-state index is 0.00660. The topological polar surface area (TPSA) is 57.6 Å². The lowest BCUT2D eigenvalue weighted by Gasteiger charge is -2.28. The number of carboxylic acids is 1. The van der Waals surface area contributed by atoms with Crippen molar-refractivity contribution >= 4 is 35.1 Å². The maximum absolute atomic E-state index is 12.4. The summed E-state index contributed by atoms with van der Waals surface area (Å²) in [4.78, 5) is 25.7. The highest BCUT2D eigenvalue weighted by molar-refractivity contribution is 6.42. The lowest BCUT2D eigenvalue weighted by atomic mass is 9.76. The predicted molar refractivity (Wildman–Crippen MR) is 90.9 cm³/mol.